The summed E-state index contributed by atoms with van der Waals surface area (Å²) in [7, 11) is -4.10. The quantitative estimate of drug-likeness (QED) is 0.747. The largest absolute Gasteiger partial charge is 0.347 e. The van der Waals surface area contributed by atoms with Gasteiger partial charge in [0, 0.05) is 12.0 Å². The summed E-state index contributed by atoms with van der Waals surface area (Å²) in [6, 6.07) is 5.37. The van der Waals surface area contributed by atoms with E-state index in [2.05, 4.69) is 5.32 Å². The van der Waals surface area contributed by atoms with Crippen molar-refractivity contribution >= 4 is 27.6 Å². The van der Waals surface area contributed by atoms with Crippen LogP contribution in [0, 0.1) is 5.41 Å². The summed E-state index contributed by atoms with van der Waals surface area (Å²) in [4.78, 5) is 34.5. The Labute approximate surface area is 141 Å². The third-order valence-electron chi connectivity index (χ3n) is 2.94. The highest BCUT2D eigenvalue weighted by Crippen LogP contribution is 2.17. The summed E-state index contributed by atoms with van der Waals surface area (Å²) in [6.45, 7) is 6.49. The average Bonchev–Trinajstić information content (AvgIpc) is 2.43. The highest BCUT2D eigenvalue weighted by molar-refractivity contribution is 7.90. The van der Waals surface area contributed by atoms with Crippen molar-refractivity contribution in [1.82, 2.24) is 10.0 Å². The Morgan fingerprint density at radius 3 is 2.25 bits per heavy atom. The van der Waals surface area contributed by atoms with Gasteiger partial charge in [-0.05, 0) is 24.5 Å². The van der Waals surface area contributed by atoms with Crippen LogP contribution >= 0.6 is 0 Å². The molecule has 0 bridgehead atoms. The van der Waals surface area contributed by atoms with E-state index in [9.17, 15) is 22.8 Å². The summed E-state index contributed by atoms with van der Waals surface area (Å²) in [5.74, 6) is -1.48. The molecule has 1 aromatic rings. The number of carbonyl (C=O) groups is 3. The molecule has 0 fully saturated rings. The van der Waals surface area contributed by atoms with Crippen LogP contribution in [-0.4, -0.2) is 32.6 Å². The zero-order chi connectivity index (χ0) is 18.5. The molecule has 0 spiro atoms. The smallest absolute Gasteiger partial charge is 0.264 e. The normalized spacial score (nSPS) is 11.7. The zero-order valence-electron chi connectivity index (χ0n) is 14.2. The molecule has 0 aliphatic carbocycles. The molecule has 0 aliphatic heterocycles. The van der Waals surface area contributed by atoms with Gasteiger partial charge in [0.2, 0.25) is 5.91 Å². The molecule has 0 heterocycles. The molecular weight excluding hydrogens is 332 g/mol. The zero-order valence-corrected chi connectivity index (χ0v) is 15.0. The van der Waals surface area contributed by atoms with Gasteiger partial charge in [0.25, 0.3) is 15.9 Å². The van der Waals surface area contributed by atoms with Gasteiger partial charge in [0.15, 0.2) is 5.78 Å². The molecule has 1 rings (SSSR count). The number of sulfonamides is 1. The maximum Gasteiger partial charge on any atom is 0.264 e. The first-order valence-electron chi connectivity index (χ1n) is 7.34. The fourth-order valence-corrected chi connectivity index (χ4v) is 2.88. The van der Waals surface area contributed by atoms with Crippen LogP contribution in [0.25, 0.3) is 0 Å². The average molecular weight is 354 g/mol. The van der Waals surface area contributed by atoms with E-state index in [0.717, 1.165) is 0 Å². The number of ketones is 1. The lowest BCUT2D eigenvalue weighted by atomic mass is 9.92. The van der Waals surface area contributed by atoms with Crippen molar-refractivity contribution in [2.24, 2.45) is 5.41 Å². The number of benzene rings is 1. The van der Waals surface area contributed by atoms with E-state index in [0.29, 0.717) is 0 Å². The molecule has 8 heteroatoms. The van der Waals surface area contributed by atoms with Gasteiger partial charge in [0.1, 0.15) is 0 Å². The van der Waals surface area contributed by atoms with E-state index in [-0.39, 0.29) is 34.0 Å². The van der Waals surface area contributed by atoms with Gasteiger partial charge >= 0.3 is 0 Å². The standard InChI is InChI=1S/C16H22N2O5S/c1-11(19)12-6-5-7-13(8-12)24(22,23)18-15(21)10-17-14(20)9-16(2,3)4/h5-8H,9-10H2,1-4H3,(H,17,20)(H,18,21). The molecule has 0 atom stereocenters. The van der Waals surface area contributed by atoms with Gasteiger partial charge in [-0.15, -0.1) is 0 Å². The Bertz CT molecular complexity index is 748. The third-order valence-corrected chi connectivity index (χ3v) is 4.31. The Hall–Kier alpha value is -2.22. The number of hydrogen-bond donors (Lipinski definition) is 2. The van der Waals surface area contributed by atoms with Crippen LogP contribution in [0.3, 0.4) is 0 Å². The highest BCUT2D eigenvalue weighted by Gasteiger charge is 2.20. The molecule has 0 saturated heterocycles. The molecule has 2 N–H and O–H groups in total. The van der Waals surface area contributed by atoms with Gasteiger partial charge in [-0.1, -0.05) is 32.9 Å². The number of hydrogen-bond acceptors (Lipinski definition) is 5. The lowest BCUT2D eigenvalue weighted by molar-refractivity contribution is -0.126. The molecule has 0 radical (unpaired) electrons. The maximum absolute atomic E-state index is 12.1. The second kappa shape index (κ2) is 7.57. The molecule has 132 valence electrons. The van der Waals surface area contributed by atoms with Crippen LogP contribution in [-0.2, 0) is 19.6 Å². The van der Waals surface area contributed by atoms with Gasteiger partial charge in [-0.25, -0.2) is 13.1 Å². The number of amides is 2. The minimum Gasteiger partial charge on any atom is -0.347 e. The van der Waals surface area contributed by atoms with Crippen molar-refractivity contribution in [2.75, 3.05) is 6.54 Å². The lowest BCUT2D eigenvalue weighted by Crippen LogP contribution is -2.40. The SMILES string of the molecule is CC(=O)c1cccc(S(=O)(=O)NC(=O)CNC(=O)CC(C)(C)C)c1. The van der Waals surface area contributed by atoms with Crippen LogP contribution in [0.1, 0.15) is 44.5 Å². The van der Waals surface area contributed by atoms with Crippen molar-refractivity contribution < 1.29 is 22.8 Å². The topological polar surface area (TPSA) is 109 Å². The molecule has 24 heavy (non-hydrogen) atoms. The van der Waals surface area contributed by atoms with Crippen LogP contribution in [0.2, 0.25) is 0 Å². The Kier molecular flexibility index (Phi) is 6.25. The first-order chi connectivity index (χ1) is 10.9. The number of rotatable bonds is 6. The minimum absolute atomic E-state index is 0.190. The fraction of sp³-hybridized carbons (Fsp3) is 0.438. The first-order valence-corrected chi connectivity index (χ1v) is 8.82. The molecule has 7 nitrogen and oxygen atoms in total. The van der Waals surface area contributed by atoms with E-state index in [1.165, 1.54) is 31.2 Å². The summed E-state index contributed by atoms with van der Waals surface area (Å²) in [5.41, 5.74) is -0.0106. The van der Waals surface area contributed by atoms with Gasteiger partial charge in [0.05, 0.1) is 11.4 Å². The van der Waals surface area contributed by atoms with Crippen molar-refractivity contribution in [3.63, 3.8) is 0 Å². The molecule has 0 aliphatic rings. The van der Waals surface area contributed by atoms with Crippen molar-refractivity contribution in [1.29, 1.82) is 0 Å². The fourth-order valence-electron chi connectivity index (χ4n) is 1.85. The van der Waals surface area contributed by atoms with Crippen LogP contribution in [0.15, 0.2) is 29.2 Å². The highest BCUT2D eigenvalue weighted by atomic mass is 32.2. The lowest BCUT2D eigenvalue weighted by Gasteiger charge is -2.17. The maximum atomic E-state index is 12.1. The molecule has 1 aromatic carbocycles. The van der Waals surface area contributed by atoms with Gasteiger partial charge in [-0.2, -0.15) is 0 Å². The minimum atomic E-state index is -4.10. The summed E-state index contributed by atoms with van der Waals surface area (Å²) in [6.07, 6.45) is 0.216. The van der Waals surface area contributed by atoms with Gasteiger partial charge in [-0.3, -0.25) is 14.4 Å². The molecule has 0 aromatic heterocycles. The van der Waals surface area contributed by atoms with Crippen molar-refractivity contribution in [3.8, 4) is 0 Å². The second-order valence-electron chi connectivity index (χ2n) is 6.63. The van der Waals surface area contributed by atoms with Crippen LogP contribution in [0.4, 0.5) is 0 Å². The predicted molar refractivity (Wildman–Crippen MR) is 88.9 cm³/mol. The van der Waals surface area contributed by atoms with E-state index < -0.39 is 22.5 Å². The third kappa shape index (κ3) is 6.49. The van der Waals surface area contributed by atoms with Crippen molar-refractivity contribution in [3.05, 3.63) is 29.8 Å². The Morgan fingerprint density at radius 1 is 1.08 bits per heavy atom. The van der Waals surface area contributed by atoms with Crippen LogP contribution < -0.4 is 10.0 Å². The number of nitrogens with one attached hydrogen (secondary N) is 2. The molecule has 0 saturated carbocycles. The number of carbonyl (C=O) groups excluding carboxylic acids is 3. The Morgan fingerprint density at radius 2 is 1.71 bits per heavy atom. The molecular formula is C16H22N2O5S. The van der Waals surface area contributed by atoms with Gasteiger partial charge < -0.3 is 5.32 Å². The van der Waals surface area contributed by atoms with E-state index in [1.54, 1.807) is 0 Å². The van der Waals surface area contributed by atoms with E-state index in [1.807, 2.05) is 25.5 Å². The number of Topliss-reactive ketones (excluding diaryl/α,β-unsaturated/α-hetero) is 1. The molecule has 2 amide bonds. The Balaban J connectivity index is 2.70. The first kappa shape index (κ1) is 19.8. The second-order valence-corrected chi connectivity index (χ2v) is 8.31. The summed E-state index contributed by atoms with van der Waals surface area (Å²) < 4.78 is 26.1. The van der Waals surface area contributed by atoms with Crippen molar-refractivity contribution in [2.45, 2.75) is 39.0 Å². The summed E-state index contributed by atoms with van der Waals surface area (Å²) >= 11 is 0. The van der Waals surface area contributed by atoms with Crippen LogP contribution in [0.5, 0.6) is 0 Å². The van der Waals surface area contributed by atoms with E-state index in [4.69, 9.17) is 0 Å². The van der Waals surface area contributed by atoms with E-state index >= 15 is 0 Å². The monoisotopic (exact) mass is 354 g/mol. The predicted octanol–water partition coefficient (Wildman–Crippen LogP) is 1.25. The molecule has 0 unspecified atom stereocenters. The summed E-state index contributed by atoms with van der Waals surface area (Å²) in [5, 5.41) is 2.37.